The van der Waals surface area contributed by atoms with Gasteiger partial charge in [-0.3, -0.25) is 0 Å². The Kier molecular flexibility index (Phi) is 5.10. The van der Waals surface area contributed by atoms with E-state index in [1.54, 1.807) is 19.2 Å². The van der Waals surface area contributed by atoms with Crippen LogP contribution in [0.25, 0.3) is 0 Å². The number of rotatable bonds is 5. The van der Waals surface area contributed by atoms with Crippen LogP contribution in [-0.4, -0.2) is 12.1 Å². The maximum Gasteiger partial charge on any atom is 0.161 e. The molecule has 0 fully saturated rings. The van der Waals surface area contributed by atoms with Crippen LogP contribution in [0.15, 0.2) is 30.3 Å². The second-order valence-corrected chi connectivity index (χ2v) is 4.96. The van der Waals surface area contributed by atoms with E-state index in [1.165, 1.54) is 5.56 Å². The number of methoxy groups -OCH3 is 1. The quantitative estimate of drug-likeness (QED) is 0.760. The van der Waals surface area contributed by atoms with Gasteiger partial charge >= 0.3 is 0 Å². The molecule has 106 valence electrons. The summed E-state index contributed by atoms with van der Waals surface area (Å²) in [6.07, 6.45) is 0.948. The van der Waals surface area contributed by atoms with Gasteiger partial charge in [0.25, 0.3) is 0 Å². The zero-order chi connectivity index (χ0) is 14.5. The van der Waals surface area contributed by atoms with Gasteiger partial charge < -0.3 is 9.47 Å². The molecule has 0 atom stereocenters. The summed E-state index contributed by atoms with van der Waals surface area (Å²) in [7, 11) is 1.62. The first kappa shape index (κ1) is 14.9. The molecule has 0 unspecified atom stereocenters. The van der Waals surface area contributed by atoms with Gasteiger partial charge in [0.05, 0.1) is 7.11 Å². The van der Waals surface area contributed by atoms with Crippen molar-refractivity contribution in [3.05, 3.63) is 51.8 Å². The van der Waals surface area contributed by atoms with Crippen molar-refractivity contribution in [2.24, 2.45) is 0 Å². The van der Waals surface area contributed by atoms with Crippen molar-refractivity contribution in [2.45, 2.75) is 20.0 Å². The normalized spacial score (nSPS) is 10.4. The summed E-state index contributed by atoms with van der Waals surface area (Å²) in [4.78, 5) is 3.98. The van der Waals surface area contributed by atoms with E-state index in [2.05, 4.69) is 11.9 Å². The van der Waals surface area contributed by atoms with Crippen molar-refractivity contribution in [1.82, 2.24) is 4.98 Å². The number of nitrogens with zero attached hydrogens (tertiary/aromatic N) is 1. The van der Waals surface area contributed by atoms with Crippen molar-refractivity contribution in [3.8, 4) is 11.5 Å². The van der Waals surface area contributed by atoms with E-state index in [0.29, 0.717) is 28.4 Å². The van der Waals surface area contributed by atoms with Crippen molar-refractivity contribution < 1.29 is 9.47 Å². The lowest BCUT2D eigenvalue weighted by Crippen LogP contribution is -2.00. The number of aromatic nitrogens is 1. The fourth-order valence-corrected chi connectivity index (χ4v) is 2.15. The highest BCUT2D eigenvalue weighted by molar-refractivity contribution is 6.32. The van der Waals surface area contributed by atoms with Gasteiger partial charge in [0.1, 0.15) is 16.9 Å². The molecule has 0 aliphatic rings. The number of ether oxygens (including phenoxy) is 2. The molecule has 1 aromatic heterocycles. The third-order valence-electron chi connectivity index (χ3n) is 2.91. The van der Waals surface area contributed by atoms with Gasteiger partial charge in [-0.05, 0) is 36.2 Å². The van der Waals surface area contributed by atoms with Crippen LogP contribution < -0.4 is 9.47 Å². The third kappa shape index (κ3) is 3.56. The van der Waals surface area contributed by atoms with Gasteiger partial charge in [-0.1, -0.05) is 36.2 Å². The second-order valence-electron chi connectivity index (χ2n) is 4.21. The van der Waals surface area contributed by atoms with E-state index in [1.807, 2.05) is 18.2 Å². The number of aryl methyl sites for hydroxylation is 1. The molecule has 0 N–H and O–H groups in total. The molecule has 0 spiro atoms. The lowest BCUT2D eigenvalue weighted by molar-refractivity contribution is 0.284. The lowest BCUT2D eigenvalue weighted by atomic mass is 10.1. The SMILES string of the molecule is CCc1ccc(OCc2ccc(Cl)nc2Cl)c(OC)c1. The molecular weight excluding hydrogens is 297 g/mol. The van der Waals surface area contributed by atoms with Gasteiger partial charge in [0.15, 0.2) is 11.5 Å². The zero-order valence-corrected chi connectivity index (χ0v) is 12.8. The van der Waals surface area contributed by atoms with Crippen LogP contribution in [-0.2, 0) is 13.0 Å². The Morgan fingerprint density at radius 1 is 1.10 bits per heavy atom. The van der Waals surface area contributed by atoms with Gasteiger partial charge in [0, 0.05) is 5.56 Å². The molecule has 0 saturated heterocycles. The van der Waals surface area contributed by atoms with Crippen LogP contribution in [0.1, 0.15) is 18.1 Å². The van der Waals surface area contributed by atoms with Gasteiger partial charge in [-0.2, -0.15) is 0 Å². The molecule has 5 heteroatoms. The minimum Gasteiger partial charge on any atom is -0.493 e. The fraction of sp³-hybridized carbons (Fsp3) is 0.267. The van der Waals surface area contributed by atoms with Gasteiger partial charge in [-0.25, -0.2) is 4.98 Å². The molecular formula is C15H15Cl2NO2. The van der Waals surface area contributed by atoms with Gasteiger partial charge in [0.2, 0.25) is 0 Å². The van der Waals surface area contributed by atoms with Crippen LogP contribution in [0.2, 0.25) is 10.3 Å². The summed E-state index contributed by atoms with van der Waals surface area (Å²) in [5, 5.41) is 0.713. The van der Waals surface area contributed by atoms with Crippen LogP contribution in [0.4, 0.5) is 0 Å². The van der Waals surface area contributed by atoms with Crippen LogP contribution in [0.5, 0.6) is 11.5 Å². The number of hydrogen-bond donors (Lipinski definition) is 0. The van der Waals surface area contributed by atoms with E-state index in [-0.39, 0.29) is 0 Å². The Morgan fingerprint density at radius 3 is 2.55 bits per heavy atom. The molecule has 3 nitrogen and oxygen atoms in total. The number of halogens is 2. The molecule has 0 aliphatic carbocycles. The number of benzene rings is 1. The minimum atomic E-state index is 0.310. The van der Waals surface area contributed by atoms with E-state index in [4.69, 9.17) is 32.7 Å². The molecule has 0 amide bonds. The van der Waals surface area contributed by atoms with E-state index >= 15 is 0 Å². The number of hydrogen-bond acceptors (Lipinski definition) is 3. The Balaban J connectivity index is 2.14. The highest BCUT2D eigenvalue weighted by Gasteiger charge is 2.08. The summed E-state index contributed by atoms with van der Waals surface area (Å²) in [5.74, 6) is 1.39. The molecule has 20 heavy (non-hydrogen) atoms. The van der Waals surface area contributed by atoms with Crippen molar-refractivity contribution in [3.63, 3.8) is 0 Å². The molecule has 0 aliphatic heterocycles. The predicted octanol–water partition coefficient (Wildman–Crippen LogP) is 4.54. The van der Waals surface area contributed by atoms with E-state index in [9.17, 15) is 0 Å². The summed E-state index contributed by atoms with van der Waals surface area (Å²) in [6, 6.07) is 9.36. The molecule has 0 radical (unpaired) electrons. The highest BCUT2D eigenvalue weighted by Crippen LogP contribution is 2.29. The molecule has 1 heterocycles. The van der Waals surface area contributed by atoms with Crippen molar-refractivity contribution >= 4 is 23.2 Å². The maximum atomic E-state index is 6.01. The first-order valence-electron chi connectivity index (χ1n) is 6.24. The monoisotopic (exact) mass is 311 g/mol. The second kappa shape index (κ2) is 6.82. The average molecular weight is 312 g/mol. The molecule has 0 saturated carbocycles. The summed E-state index contributed by atoms with van der Waals surface area (Å²) in [6.45, 7) is 2.40. The maximum absolute atomic E-state index is 6.01. The fourth-order valence-electron chi connectivity index (χ4n) is 1.76. The Labute approximate surface area is 128 Å². The average Bonchev–Trinajstić information content (AvgIpc) is 2.46. The first-order chi connectivity index (χ1) is 9.63. The van der Waals surface area contributed by atoms with Crippen LogP contribution in [0, 0.1) is 0 Å². The predicted molar refractivity (Wildman–Crippen MR) is 81.0 cm³/mol. The summed E-state index contributed by atoms with van der Waals surface area (Å²) >= 11 is 11.8. The Bertz CT molecular complexity index is 602. The van der Waals surface area contributed by atoms with Crippen molar-refractivity contribution in [2.75, 3.05) is 7.11 Å². The Hall–Kier alpha value is -1.45. The zero-order valence-electron chi connectivity index (χ0n) is 11.3. The van der Waals surface area contributed by atoms with E-state index < -0.39 is 0 Å². The smallest absolute Gasteiger partial charge is 0.161 e. The molecule has 1 aromatic carbocycles. The molecule has 2 rings (SSSR count). The Morgan fingerprint density at radius 2 is 1.90 bits per heavy atom. The van der Waals surface area contributed by atoms with Crippen molar-refractivity contribution in [1.29, 1.82) is 0 Å². The number of pyridine rings is 1. The lowest BCUT2D eigenvalue weighted by Gasteiger charge is -2.12. The topological polar surface area (TPSA) is 31.4 Å². The van der Waals surface area contributed by atoms with Gasteiger partial charge in [-0.15, -0.1) is 0 Å². The summed E-state index contributed by atoms with van der Waals surface area (Å²) in [5.41, 5.74) is 1.97. The van der Waals surface area contributed by atoms with Crippen LogP contribution in [0.3, 0.4) is 0 Å². The van der Waals surface area contributed by atoms with Crippen LogP contribution >= 0.6 is 23.2 Å². The largest absolute Gasteiger partial charge is 0.493 e. The molecule has 0 bridgehead atoms. The third-order valence-corrected chi connectivity index (χ3v) is 3.45. The highest BCUT2D eigenvalue weighted by atomic mass is 35.5. The summed E-state index contributed by atoms with van der Waals surface area (Å²) < 4.78 is 11.1. The minimum absolute atomic E-state index is 0.310. The molecule has 2 aromatic rings. The van der Waals surface area contributed by atoms with E-state index in [0.717, 1.165) is 12.0 Å². The standard InChI is InChI=1S/C15H15Cl2NO2/c1-3-10-4-6-12(13(8-10)19-2)20-9-11-5-7-14(16)18-15(11)17/h4-8H,3,9H2,1-2H3. The first-order valence-corrected chi connectivity index (χ1v) is 7.00.